The lowest BCUT2D eigenvalue weighted by molar-refractivity contribution is -0.711. The molecule has 0 N–H and O–H groups in total. The number of hydrogen-bond donors (Lipinski definition) is 0. The molecule has 4 rings (SSSR count). The molecule has 2 atom stereocenters. The molecule has 12 nitrogen and oxygen atoms in total. The summed E-state index contributed by atoms with van der Waals surface area (Å²) in [7, 11) is -8.90. The van der Waals surface area contributed by atoms with Gasteiger partial charge in [0.25, 0.3) is 0 Å². The fourth-order valence-corrected chi connectivity index (χ4v) is 7.67. The molecule has 0 radical (unpaired) electrons. The smallest absolute Gasteiger partial charge is 0.485 e. The molecule has 2 aliphatic rings. The van der Waals surface area contributed by atoms with Crippen LogP contribution in [-0.4, -0.2) is 62.7 Å². The van der Waals surface area contributed by atoms with E-state index < -0.39 is 31.3 Å². The minimum Gasteiger partial charge on any atom is -0.741 e. The van der Waals surface area contributed by atoms with Crippen LogP contribution in [0.2, 0.25) is 0 Å². The van der Waals surface area contributed by atoms with Crippen LogP contribution in [0.3, 0.4) is 0 Å². The summed E-state index contributed by atoms with van der Waals surface area (Å²) in [6, 6.07) is 7.13. The summed E-state index contributed by atoms with van der Waals surface area (Å²) in [6.45, 7) is 21.1. The summed E-state index contributed by atoms with van der Waals surface area (Å²) in [5, 5.41) is 0. The number of nitrogens with zero attached hydrogens (tertiary/aromatic N) is 2. The molecule has 0 saturated carbocycles. The second-order valence-corrected chi connectivity index (χ2v) is 21.4. The van der Waals surface area contributed by atoms with E-state index >= 15 is 0 Å². The van der Waals surface area contributed by atoms with Gasteiger partial charge >= 0.3 is 11.0 Å². The van der Waals surface area contributed by atoms with E-state index in [1.165, 1.54) is 0 Å². The molecular weight excluding hydrogens is 1010 g/mol. The summed E-state index contributed by atoms with van der Waals surface area (Å²) in [6.07, 6.45) is 38.3. The van der Waals surface area contributed by atoms with Crippen LogP contribution in [0.25, 0.3) is 0 Å². The second kappa shape index (κ2) is 26.8. The van der Waals surface area contributed by atoms with Crippen molar-refractivity contribution in [3.05, 3.63) is 179 Å². The first kappa shape index (κ1) is 63.9. The van der Waals surface area contributed by atoms with Gasteiger partial charge in [0.05, 0.1) is 14.2 Å². The number of aromatic nitrogens is 2. The van der Waals surface area contributed by atoms with E-state index in [9.17, 15) is 35.9 Å². The highest BCUT2D eigenvalue weighted by molar-refractivity contribution is 7.86. The normalized spacial score (nSPS) is 19.7. The van der Waals surface area contributed by atoms with E-state index in [0.29, 0.717) is 0 Å². The number of alkyl halides is 6. The summed E-state index contributed by atoms with van der Waals surface area (Å²) in [5.74, 6) is 1.78. The van der Waals surface area contributed by atoms with Crippen molar-refractivity contribution in [3.8, 4) is 11.5 Å². The molecule has 404 valence electrons. The van der Waals surface area contributed by atoms with E-state index in [4.69, 9.17) is 35.4 Å². The summed E-state index contributed by atoms with van der Waals surface area (Å²) in [5.41, 5.74) is -3.34. The monoisotopic (exact) mass is 1080 g/mol. The molecule has 0 fully saturated rings. The van der Waals surface area contributed by atoms with E-state index in [-0.39, 0.29) is 34.5 Å². The largest absolute Gasteiger partial charge is 0.741 e. The maximum Gasteiger partial charge on any atom is 0.485 e. The van der Waals surface area contributed by atoms with Crippen LogP contribution in [0, 0.1) is 10.8 Å². The Morgan fingerprint density at radius 3 is 1.15 bits per heavy atom. The van der Waals surface area contributed by atoms with Crippen LogP contribution in [0.4, 0.5) is 26.3 Å². The number of hydrogen-bond acceptors (Lipinski definition) is 10. The third kappa shape index (κ3) is 19.6. The molecule has 2 aliphatic carbocycles. The van der Waals surface area contributed by atoms with E-state index in [1.54, 1.807) is 14.2 Å². The second-order valence-electron chi connectivity index (χ2n) is 18.6. The SMILES string of the molecule is COc1ccc[n+](C2CC(C)(C)C(/C=C/C(C)=C/C=C/C(C)=C/C=C/C=C(C)/C=C/C=C(C)/C=C/C3=C(C)C(=O)C([n+]4cccc(OC)c4)CC3(C)C)=C(C)C2=O)c1.O=S(=O)([O-])C(F)(F)F.O=S(=O)([O-])C(F)(F)F. The van der Waals surface area contributed by atoms with Crippen LogP contribution in [0.1, 0.15) is 94.2 Å². The molecule has 0 aromatic carbocycles. The van der Waals surface area contributed by atoms with Gasteiger partial charge in [-0.25, -0.2) is 16.8 Å². The molecule has 0 aliphatic heterocycles. The predicted molar refractivity (Wildman–Crippen MR) is 269 cm³/mol. The van der Waals surface area contributed by atoms with Gasteiger partial charge in [0.1, 0.15) is 0 Å². The maximum absolute atomic E-state index is 13.5. The zero-order valence-corrected chi connectivity index (χ0v) is 45.0. The number of rotatable bonds is 14. The predicted octanol–water partition coefficient (Wildman–Crippen LogP) is 11.4. The van der Waals surface area contributed by atoms with Gasteiger partial charge in [-0.15, -0.1) is 0 Å². The number of carbonyl (C=O) groups excluding carboxylic acids is 2. The fraction of sp³-hybridized carbons (Fsp3) is 0.370. The van der Waals surface area contributed by atoms with Gasteiger partial charge in [-0.3, -0.25) is 9.59 Å². The highest BCUT2D eigenvalue weighted by Gasteiger charge is 2.44. The first-order valence-corrected chi connectivity index (χ1v) is 25.5. The standard InChI is InChI=1S/C52H64N2O4.2CHF3O3S/c1-37(21-15-23-39(3)27-29-45-41(5)49(55)47(33-51(45,7)8)53-31-17-25-43(35-53)57-11)19-13-14-20-38(2)22-16-24-40(4)28-30-46-42(6)50(56)48(34-52(46,9)10)54-32-18-26-44(36-54)58-12;2*2-1(3,4)8(5,6)7/h13-32,35-36,47-48H,33-34H2,1-12H3;2*(H,5,6,7)/q+2;;/p-2/b14-13+,21-15+,22-16+,29-27+,30-28+,37-19+,38-20+,39-23+,40-24+;;. The van der Waals surface area contributed by atoms with Gasteiger partial charge < -0.3 is 18.6 Å². The summed E-state index contributed by atoms with van der Waals surface area (Å²) < 4.78 is 133. The third-order valence-corrected chi connectivity index (χ3v) is 12.8. The van der Waals surface area contributed by atoms with Gasteiger partial charge in [0, 0.05) is 36.1 Å². The molecule has 2 aromatic rings. The van der Waals surface area contributed by atoms with Gasteiger partial charge in [0.2, 0.25) is 36.0 Å². The molecular formula is C54H64F6N2O10S2. The Labute approximate surface area is 431 Å². The number of ketones is 2. The Hall–Kier alpha value is -6.22. The lowest BCUT2D eigenvalue weighted by atomic mass is 9.70. The number of pyridine rings is 2. The Kier molecular flexibility index (Phi) is 23.2. The number of carbonyl (C=O) groups is 2. The van der Waals surface area contributed by atoms with Crippen molar-refractivity contribution in [1.82, 2.24) is 0 Å². The zero-order chi connectivity index (χ0) is 56.6. The van der Waals surface area contributed by atoms with Crippen LogP contribution >= 0.6 is 0 Å². The molecule has 2 heterocycles. The molecule has 0 amide bonds. The molecule has 2 aromatic heterocycles. The minimum atomic E-state index is -6.09. The average molecular weight is 1080 g/mol. The van der Waals surface area contributed by atoms with Crippen molar-refractivity contribution in [2.75, 3.05) is 14.2 Å². The lowest BCUT2D eigenvalue weighted by Gasteiger charge is -2.34. The van der Waals surface area contributed by atoms with Crippen molar-refractivity contribution in [1.29, 1.82) is 0 Å². The van der Waals surface area contributed by atoms with Gasteiger partial charge in [-0.2, -0.15) is 35.5 Å². The topological polar surface area (TPSA) is 175 Å². The van der Waals surface area contributed by atoms with Crippen molar-refractivity contribution < 1.29 is 80.5 Å². The third-order valence-electron chi connectivity index (χ3n) is 11.7. The van der Waals surface area contributed by atoms with E-state index in [1.807, 2.05) is 84.2 Å². The van der Waals surface area contributed by atoms with Crippen molar-refractivity contribution in [2.45, 2.75) is 105 Å². The van der Waals surface area contributed by atoms with E-state index in [2.05, 4.69) is 128 Å². The molecule has 0 bridgehead atoms. The molecule has 2 unspecified atom stereocenters. The molecule has 74 heavy (non-hydrogen) atoms. The van der Waals surface area contributed by atoms with Crippen LogP contribution in [0.15, 0.2) is 179 Å². The number of Topliss-reactive ketones (excluding diaryl/α,β-unsaturated/α-hetero) is 2. The van der Waals surface area contributed by atoms with Gasteiger partial charge in [-0.05, 0) is 75.7 Å². The quantitative estimate of drug-likeness (QED) is 0.0582. The minimum absolute atomic E-state index is 0.149. The highest BCUT2D eigenvalue weighted by atomic mass is 32.2. The molecule has 0 spiro atoms. The van der Waals surface area contributed by atoms with Crippen molar-refractivity contribution in [2.24, 2.45) is 10.8 Å². The Morgan fingerprint density at radius 2 is 0.865 bits per heavy atom. The highest BCUT2D eigenvalue weighted by Crippen LogP contribution is 2.44. The number of ether oxygens (including phenoxy) is 2. The van der Waals surface area contributed by atoms with Gasteiger partial charge in [-0.1, -0.05) is 135 Å². The summed E-state index contributed by atoms with van der Waals surface area (Å²) >= 11 is 0. The lowest BCUT2D eigenvalue weighted by Crippen LogP contribution is -2.48. The summed E-state index contributed by atoms with van der Waals surface area (Å²) in [4.78, 5) is 26.9. The zero-order valence-electron chi connectivity index (χ0n) is 43.3. The fourth-order valence-electron chi connectivity index (χ4n) is 7.67. The Balaban J connectivity index is 0.00000101. The van der Waals surface area contributed by atoms with E-state index in [0.717, 1.165) is 68.9 Å². The van der Waals surface area contributed by atoms with Crippen LogP contribution in [-0.2, 0) is 29.8 Å². The Bertz CT molecular complexity index is 2750. The van der Waals surface area contributed by atoms with Crippen LogP contribution < -0.4 is 18.6 Å². The van der Waals surface area contributed by atoms with Gasteiger partial charge in [0.15, 0.2) is 44.1 Å². The first-order chi connectivity index (χ1) is 34.0. The number of methoxy groups -OCH3 is 2. The molecule has 0 saturated heterocycles. The number of allylic oxidation sites excluding steroid dienone is 22. The number of halogens is 6. The Morgan fingerprint density at radius 1 is 0.581 bits per heavy atom. The molecule has 20 heteroatoms. The maximum atomic E-state index is 13.5. The van der Waals surface area contributed by atoms with Crippen molar-refractivity contribution in [3.63, 3.8) is 0 Å². The first-order valence-electron chi connectivity index (χ1n) is 22.7. The van der Waals surface area contributed by atoms with Crippen LogP contribution in [0.5, 0.6) is 11.5 Å². The average Bonchev–Trinajstić information content (AvgIpc) is 3.29. The van der Waals surface area contributed by atoms with Crippen molar-refractivity contribution >= 4 is 31.8 Å².